The Labute approximate surface area is 125 Å². The fraction of sp³-hybridized carbons (Fsp3) is 0.529. The third kappa shape index (κ3) is 5.98. The van der Waals surface area contributed by atoms with E-state index in [9.17, 15) is 9.59 Å². The molecule has 0 heterocycles. The van der Waals surface area contributed by atoms with Crippen LogP contribution < -0.4 is 0 Å². The summed E-state index contributed by atoms with van der Waals surface area (Å²) in [5.41, 5.74) is 0.863. The van der Waals surface area contributed by atoms with Gasteiger partial charge in [-0.15, -0.1) is 0 Å². The van der Waals surface area contributed by atoms with Crippen molar-refractivity contribution in [1.82, 2.24) is 0 Å². The average molecular weight is 290 g/mol. The topological polar surface area (TPSA) is 52.6 Å². The number of carbonyl (C=O) groups excluding carboxylic acids is 2. The predicted molar refractivity (Wildman–Crippen MR) is 78.5 cm³/mol. The second-order valence-corrected chi connectivity index (χ2v) is 5.54. The lowest BCUT2D eigenvalue weighted by molar-refractivity contribution is -0.140. The van der Waals surface area contributed by atoms with Crippen LogP contribution in [-0.4, -0.2) is 12.1 Å². The van der Waals surface area contributed by atoms with E-state index in [2.05, 4.69) is 4.74 Å². The highest BCUT2D eigenvalue weighted by atomic mass is 16.7. The molecule has 0 atom stereocenters. The molecule has 1 saturated carbocycles. The Morgan fingerprint density at radius 2 is 1.86 bits per heavy atom. The van der Waals surface area contributed by atoms with Crippen molar-refractivity contribution in [1.29, 1.82) is 0 Å². The van der Waals surface area contributed by atoms with Crippen molar-refractivity contribution in [2.75, 3.05) is 0 Å². The Morgan fingerprint density at radius 1 is 1.10 bits per heavy atom. The number of esters is 1. The molecule has 0 amide bonds. The van der Waals surface area contributed by atoms with E-state index in [1.165, 1.54) is 25.7 Å². The number of carbonyl (C=O) groups is 2. The number of hydrogen-bond donors (Lipinski definition) is 0. The Morgan fingerprint density at radius 3 is 2.52 bits per heavy atom. The summed E-state index contributed by atoms with van der Waals surface area (Å²) in [4.78, 5) is 22.8. The van der Waals surface area contributed by atoms with Gasteiger partial charge in [0, 0.05) is 6.42 Å². The van der Waals surface area contributed by atoms with Gasteiger partial charge in [-0.1, -0.05) is 62.4 Å². The van der Waals surface area contributed by atoms with Gasteiger partial charge >= 0.3 is 12.1 Å². The maximum Gasteiger partial charge on any atom is 0.516 e. The Balaban J connectivity index is 1.53. The van der Waals surface area contributed by atoms with Gasteiger partial charge in [0.1, 0.15) is 6.61 Å². The SMILES string of the molecule is O=C(CCCCC1CCC1)OC(=O)OCc1ccccc1. The molecule has 21 heavy (non-hydrogen) atoms. The van der Waals surface area contributed by atoms with E-state index in [-0.39, 0.29) is 13.0 Å². The Kier molecular flexibility index (Phi) is 6.25. The molecule has 4 nitrogen and oxygen atoms in total. The van der Waals surface area contributed by atoms with Crippen LogP contribution in [0.15, 0.2) is 30.3 Å². The van der Waals surface area contributed by atoms with Gasteiger partial charge in [0.05, 0.1) is 0 Å². The molecular formula is C17H22O4. The van der Waals surface area contributed by atoms with Gasteiger partial charge in [-0.25, -0.2) is 4.79 Å². The Hall–Kier alpha value is -1.84. The van der Waals surface area contributed by atoms with Crippen molar-refractivity contribution >= 4 is 12.1 Å². The molecule has 1 aliphatic carbocycles. The molecule has 0 spiro atoms. The van der Waals surface area contributed by atoms with E-state index in [1.807, 2.05) is 30.3 Å². The molecule has 2 rings (SSSR count). The minimum Gasteiger partial charge on any atom is -0.429 e. The predicted octanol–water partition coefficient (Wildman–Crippen LogP) is 4.23. The van der Waals surface area contributed by atoms with Gasteiger partial charge in [0.25, 0.3) is 0 Å². The Bertz CT molecular complexity index is 451. The summed E-state index contributed by atoms with van der Waals surface area (Å²) in [5.74, 6) is 0.360. The summed E-state index contributed by atoms with van der Waals surface area (Å²) in [5, 5.41) is 0. The summed E-state index contributed by atoms with van der Waals surface area (Å²) >= 11 is 0. The van der Waals surface area contributed by atoms with Crippen molar-refractivity contribution in [3.8, 4) is 0 Å². The van der Waals surface area contributed by atoms with Crippen molar-refractivity contribution in [2.24, 2.45) is 5.92 Å². The summed E-state index contributed by atoms with van der Waals surface area (Å²) in [6.07, 6.45) is 6.37. The van der Waals surface area contributed by atoms with Crippen LogP contribution in [0.25, 0.3) is 0 Å². The second-order valence-electron chi connectivity index (χ2n) is 5.54. The highest BCUT2D eigenvalue weighted by Gasteiger charge is 2.17. The van der Waals surface area contributed by atoms with Crippen LogP contribution in [0.4, 0.5) is 4.79 Å². The van der Waals surface area contributed by atoms with E-state index in [1.54, 1.807) is 0 Å². The third-order valence-electron chi connectivity index (χ3n) is 3.86. The zero-order valence-corrected chi connectivity index (χ0v) is 12.3. The first-order valence-electron chi connectivity index (χ1n) is 7.65. The van der Waals surface area contributed by atoms with Crippen LogP contribution in [-0.2, 0) is 20.9 Å². The molecule has 0 aromatic heterocycles. The maximum absolute atomic E-state index is 11.5. The zero-order chi connectivity index (χ0) is 14.9. The van der Waals surface area contributed by atoms with Crippen molar-refractivity contribution in [3.05, 3.63) is 35.9 Å². The molecule has 1 aliphatic rings. The van der Waals surface area contributed by atoms with Gasteiger partial charge in [-0.2, -0.15) is 0 Å². The highest BCUT2D eigenvalue weighted by molar-refractivity contribution is 5.81. The van der Waals surface area contributed by atoms with E-state index in [4.69, 9.17) is 4.74 Å². The van der Waals surface area contributed by atoms with Crippen LogP contribution in [0, 0.1) is 5.92 Å². The summed E-state index contributed by atoms with van der Waals surface area (Å²) in [6.45, 7) is 0.120. The first-order valence-corrected chi connectivity index (χ1v) is 7.65. The normalized spacial score (nSPS) is 14.3. The standard InChI is InChI=1S/C17H22O4/c18-16(12-5-4-7-14-10-6-11-14)21-17(19)20-13-15-8-2-1-3-9-15/h1-3,8-9,14H,4-7,10-13H2. The lowest BCUT2D eigenvalue weighted by Crippen LogP contribution is -2.14. The first kappa shape index (κ1) is 15.5. The van der Waals surface area contributed by atoms with Crippen molar-refractivity contribution in [2.45, 2.75) is 51.6 Å². The number of rotatable bonds is 7. The lowest BCUT2D eigenvalue weighted by Gasteiger charge is -2.24. The van der Waals surface area contributed by atoms with Gasteiger partial charge in [-0.05, 0) is 17.9 Å². The number of ether oxygens (including phenoxy) is 2. The van der Waals surface area contributed by atoms with Gasteiger partial charge in [0.15, 0.2) is 0 Å². The van der Waals surface area contributed by atoms with Crippen molar-refractivity contribution in [3.63, 3.8) is 0 Å². The fourth-order valence-electron chi connectivity index (χ4n) is 2.37. The number of hydrogen-bond acceptors (Lipinski definition) is 4. The largest absolute Gasteiger partial charge is 0.516 e. The summed E-state index contributed by atoms with van der Waals surface area (Å²) < 4.78 is 9.51. The first-order chi connectivity index (χ1) is 10.2. The average Bonchev–Trinajstić information content (AvgIpc) is 2.44. The molecule has 1 aromatic rings. The van der Waals surface area contributed by atoms with Crippen LogP contribution in [0.3, 0.4) is 0 Å². The second kappa shape index (κ2) is 8.45. The van der Waals surface area contributed by atoms with Crippen LogP contribution in [0.5, 0.6) is 0 Å². The molecule has 0 bridgehead atoms. The van der Waals surface area contributed by atoms with Crippen LogP contribution >= 0.6 is 0 Å². The minimum absolute atomic E-state index is 0.120. The monoisotopic (exact) mass is 290 g/mol. The van der Waals surface area contributed by atoms with Crippen LogP contribution in [0.2, 0.25) is 0 Å². The molecule has 0 unspecified atom stereocenters. The van der Waals surface area contributed by atoms with Crippen molar-refractivity contribution < 1.29 is 19.1 Å². The quantitative estimate of drug-likeness (QED) is 0.428. The van der Waals surface area contributed by atoms with E-state index in [0.717, 1.165) is 24.3 Å². The zero-order valence-electron chi connectivity index (χ0n) is 12.3. The maximum atomic E-state index is 11.5. The van der Waals surface area contributed by atoms with Crippen LogP contribution in [0.1, 0.15) is 50.5 Å². The molecule has 0 saturated heterocycles. The third-order valence-corrected chi connectivity index (χ3v) is 3.86. The number of benzene rings is 1. The van der Waals surface area contributed by atoms with Gasteiger partial charge < -0.3 is 9.47 Å². The molecule has 1 aromatic carbocycles. The molecule has 114 valence electrons. The molecule has 0 N–H and O–H groups in total. The van der Waals surface area contributed by atoms with E-state index in [0.29, 0.717) is 0 Å². The molecule has 0 aliphatic heterocycles. The smallest absolute Gasteiger partial charge is 0.429 e. The molecule has 0 radical (unpaired) electrons. The van der Waals surface area contributed by atoms with E-state index < -0.39 is 12.1 Å². The molecule has 4 heteroatoms. The summed E-state index contributed by atoms with van der Waals surface area (Å²) in [6, 6.07) is 9.29. The molecule has 1 fully saturated rings. The number of unbranched alkanes of at least 4 members (excludes halogenated alkanes) is 1. The summed E-state index contributed by atoms with van der Waals surface area (Å²) in [7, 11) is 0. The van der Waals surface area contributed by atoms with Gasteiger partial charge in [0.2, 0.25) is 0 Å². The fourth-order valence-corrected chi connectivity index (χ4v) is 2.37. The highest BCUT2D eigenvalue weighted by Crippen LogP contribution is 2.30. The lowest BCUT2D eigenvalue weighted by atomic mass is 9.82. The van der Waals surface area contributed by atoms with E-state index >= 15 is 0 Å². The van der Waals surface area contributed by atoms with Gasteiger partial charge in [-0.3, -0.25) is 4.79 Å². The minimum atomic E-state index is -0.914. The molecular weight excluding hydrogens is 268 g/mol.